The molecule has 4 rings (SSSR count). The maximum absolute atomic E-state index is 13.1. The molecule has 1 atom stereocenters. The first kappa shape index (κ1) is 21.6. The Bertz CT molecular complexity index is 983. The number of benzene rings is 1. The number of ether oxygens (including phenoxy) is 1. The van der Waals surface area contributed by atoms with Crippen molar-refractivity contribution in [2.24, 2.45) is 0 Å². The van der Waals surface area contributed by atoms with E-state index in [1.807, 2.05) is 36.1 Å². The minimum absolute atomic E-state index is 0.0591. The van der Waals surface area contributed by atoms with Crippen molar-refractivity contribution in [2.45, 2.75) is 65.1 Å². The summed E-state index contributed by atoms with van der Waals surface area (Å²) in [5.74, 6) is 1.52. The van der Waals surface area contributed by atoms with E-state index < -0.39 is 0 Å². The van der Waals surface area contributed by atoms with Crippen LogP contribution < -0.4 is 10.3 Å². The molecule has 0 radical (unpaired) electrons. The first-order valence-corrected chi connectivity index (χ1v) is 11.3. The van der Waals surface area contributed by atoms with Gasteiger partial charge in [-0.15, -0.1) is 0 Å². The average Bonchev–Trinajstić information content (AvgIpc) is 3.25. The Kier molecular flexibility index (Phi) is 6.41. The molecule has 1 amide bonds. The van der Waals surface area contributed by atoms with Gasteiger partial charge in [-0.25, -0.2) is 4.98 Å². The van der Waals surface area contributed by atoms with Gasteiger partial charge in [0, 0.05) is 32.1 Å². The van der Waals surface area contributed by atoms with E-state index in [1.165, 1.54) is 0 Å². The molecule has 7 heteroatoms. The Morgan fingerprint density at radius 3 is 2.74 bits per heavy atom. The molecule has 2 aliphatic rings. The molecule has 0 unspecified atom stereocenters. The molecule has 1 N–H and O–H groups in total. The fourth-order valence-electron chi connectivity index (χ4n) is 4.56. The number of fused-ring (bicyclic) bond motifs is 1. The Morgan fingerprint density at radius 1 is 1.26 bits per heavy atom. The third-order valence-electron chi connectivity index (χ3n) is 6.33. The molecule has 166 valence electrons. The highest BCUT2D eigenvalue weighted by Gasteiger charge is 2.33. The number of carbonyl (C=O) groups excluding carboxylic acids is 1. The van der Waals surface area contributed by atoms with Gasteiger partial charge in [-0.05, 0) is 51.3 Å². The van der Waals surface area contributed by atoms with Gasteiger partial charge in [0.15, 0.2) is 0 Å². The summed E-state index contributed by atoms with van der Waals surface area (Å²) in [7, 11) is 0. The van der Waals surface area contributed by atoms with Crippen LogP contribution in [0.15, 0.2) is 29.1 Å². The Labute approximate surface area is 183 Å². The van der Waals surface area contributed by atoms with E-state index in [4.69, 9.17) is 9.72 Å². The zero-order valence-corrected chi connectivity index (χ0v) is 18.7. The quantitative estimate of drug-likeness (QED) is 0.772. The summed E-state index contributed by atoms with van der Waals surface area (Å²) in [4.78, 5) is 37.9. The van der Waals surface area contributed by atoms with Crippen LogP contribution in [0.4, 0.5) is 0 Å². The fraction of sp³-hybridized carbons (Fsp3) is 0.542. The third kappa shape index (κ3) is 4.66. The predicted molar refractivity (Wildman–Crippen MR) is 119 cm³/mol. The van der Waals surface area contributed by atoms with Gasteiger partial charge in [-0.2, -0.15) is 0 Å². The molecule has 0 saturated carbocycles. The number of likely N-dealkylation sites (tertiary alicyclic amines) is 1. The van der Waals surface area contributed by atoms with E-state index in [2.05, 4.69) is 23.7 Å². The van der Waals surface area contributed by atoms with Crippen LogP contribution in [0.3, 0.4) is 0 Å². The molecule has 0 spiro atoms. The molecule has 0 aliphatic carbocycles. The number of aromatic amines is 1. The van der Waals surface area contributed by atoms with Crippen LogP contribution >= 0.6 is 0 Å². The highest BCUT2D eigenvalue weighted by Crippen LogP contribution is 2.31. The fourth-order valence-corrected chi connectivity index (χ4v) is 4.56. The first-order valence-electron chi connectivity index (χ1n) is 11.3. The summed E-state index contributed by atoms with van der Waals surface area (Å²) >= 11 is 0. The Hall–Kier alpha value is -2.67. The van der Waals surface area contributed by atoms with Crippen molar-refractivity contribution >= 4 is 5.91 Å². The first-order chi connectivity index (χ1) is 15.0. The number of rotatable bonds is 6. The van der Waals surface area contributed by atoms with Gasteiger partial charge in [-0.3, -0.25) is 14.5 Å². The second-order valence-corrected chi connectivity index (χ2v) is 8.69. The smallest absolute Gasteiger partial charge is 0.255 e. The lowest BCUT2D eigenvalue weighted by Crippen LogP contribution is -2.40. The molecule has 2 aliphatic heterocycles. The predicted octanol–water partition coefficient (Wildman–Crippen LogP) is 2.84. The average molecular weight is 425 g/mol. The molecule has 1 saturated heterocycles. The number of nitrogens with one attached hydrogen (secondary N) is 1. The van der Waals surface area contributed by atoms with Crippen LogP contribution in [-0.2, 0) is 24.2 Å². The minimum atomic E-state index is -0.156. The Balaban J connectivity index is 1.50. The van der Waals surface area contributed by atoms with Gasteiger partial charge in [0.05, 0.1) is 30.3 Å². The van der Waals surface area contributed by atoms with Crippen LogP contribution in [0.2, 0.25) is 0 Å². The minimum Gasteiger partial charge on any atom is -0.494 e. The molecule has 2 aromatic rings. The number of hydrogen-bond acceptors (Lipinski definition) is 5. The maximum Gasteiger partial charge on any atom is 0.255 e. The molecule has 1 fully saturated rings. The monoisotopic (exact) mass is 424 g/mol. The van der Waals surface area contributed by atoms with Crippen molar-refractivity contribution in [3.05, 3.63) is 57.3 Å². The zero-order valence-electron chi connectivity index (χ0n) is 18.7. The van der Waals surface area contributed by atoms with Gasteiger partial charge in [0.1, 0.15) is 11.6 Å². The number of aromatic nitrogens is 2. The summed E-state index contributed by atoms with van der Waals surface area (Å²) in [6.45, 7) is 9.11. The lowest BCUT2D eigenvalue weighted by Gasteiger charge is -2.31. The van der Waals surface area contributed by atoms with Crippen LogP contribution in [-0.4, -0.2) is 51.4 Å². The number of hydrogen-bond donors (Lipinski definition) is 1. The van der Waals surface area contributed by atoms with Gasteiger partial charge in [0.25, 0.3) is 5.56 Å². The molecule has 31 heavy (non-hydrogen) atoms. The van der Waals surface area contributed by atoms with Gasteiger partial charge in [-0.1, -0.05) is 12.1 Å². The molecule has 7 nitrogen and oxygen atoms in total. The molecule has 0 bridgehead atoms. The second kappa shape index (κ2) is 9.22. The summed E-state index contributed by atoms with van der Waals surface area (Å²) in [6.07, 6.45) is 2.86. The zero-order chi connectivity index (χ0) is 22.0. The van der Waals surface area contributed by atoms with E-state index in [-0.39, 0.29) is 17.5 Å². The third-order valence-corrected chi connectivity index (χ3v) is 6.33. The lowest BCUT2D eigenvalue weighted by atomic mass is 10.0. The number of nitrogens with zero attached hydrogens (tertiary/aromatic N) is 3. The van der Waals surface area contributed by atoms with E-state index in [1.54, 1.807) is 0 Å². The largest absolute Gasteiger partial charge is 0.494 e. The van der Waals surface area contributed by atoms with Crippen LogP contribution in [0.25, 0.3) is 0 Å². The Morgan fingerprint density at radius 2 is 2.03 bits per heavy atom. The highest BCUT2D eigenvalue weighted by molar-refractivity contribution is 5.79. The van der Waals surface area contributed by atoms with E-state index in [9.17, 15) is 9.59 Å². The van der Waals surface area contributed by atoms with Crippen LogP contribution in [0.1, 0.15) is 62.3 Å². The van der Waals surface area contributed by atoms with Gasteiger partial charge in [0.2, 0.25) is 5.91 Å². The molecular weight excluding hydrogens is 392 g/mol. The van der Waals surface area contributed by atoms with Crippen molar-refractivity contribution in [1.82, 2.24) is 19.8 Å². The van der Waals surface area contributed by atoms with Crippen molar-refractivity contribution in [2.75, 3.05) is 19.7 Å². The van der Waals surface area contributed by atoms with Crippen LogP contribution in [0.5, 0.6) is 5.75 Å². The summed E-state index contributed by atoms with van der Waals surface area (Å²) in [5.41, 5.74) is 2.56. The van der Waals surface area contributed by atoms with Crippen LogP contribution in [0, 0.1) is 0 Å². The topological polar surface area (TPSA) is 78.5 Å². The van der Waals surface area contributed by atoms with E-state index in [0.717, 1.165) is 48.4 Å². The molecule has 1 aromatic heterocycles. The number of carbonyl (C=O) groups is 1. The normalized spacial score (nSPS) is 19.0. The van der Waals surface area contributed by atoms with Crippen molar-refractivity contribution in [3.63, 3.8) is 0 Å². The standard InChI is InChI=1S/C24H32N4O3/c1-4-31-18-9-7-17(8-10-18)14-22(29)28-12-5-6-21(28)23-25-20-11-13-27(16(2)3)15-19(20)24(30)26-23/h7-10,16,21H,4-6,11-15H2,1-3H3,(H,25,26,30)/t21-/m0/s1. The number of amides is 1. The molecule has 3 heterocycles. The summed E-state index contributed by atoms with van der Waals surface area (Å²) in [6, 6.07) is 7.92. The molecular formula is C24H32N4O3. The van der Waals surface area contributed by atoms with E-state index in [0.29, 0.717) is 38.0 Å². The summed E-state index contributed by atoms with van der Waals surface area (Å²) < 4.78 is 5.48. The van der Waals surface area contributed by atoms with Gasteiger partial charge < -0.3 is 14.6 Å². The van der Waals surface area contributed by atoms with Crippen molar-refractivity contribution in [1.29, 1.82) is 0 Å². The van der Waals surface area contributed by atoms with E-state index >= 15 is 0 Å². The van der Waals surface area contributed by atoms with Gasteiger partial charge >= 0.3 is 0 Å². The SMILES string of the molecule is CCOc1ccc(CC(=O)N2CCC[C@H]2c2nc3c(c(=O)[nH]2)CN(C(C)C)CC3)cc1. The van der Waals surface area contributed by atoms with Crippen molar-refractivity contribution in [3.8, 4) is 5.75 Å². The second-order valence-electron chi connectivity index (χ2n) is 8.69. The lowest BCUT2D eigenvalue weighted by molar-refractivity contribution is -0.131. The molecule has 1 aromatic carbocycles. The highest BCUT2D eigenvalue weighted by atomic mass is 16.5. The maximum atomic E-state index is 13.1. The number of H-pyrrole nitrogens is 1. The summed E-state index contributed by atoms with van der Waals surface area (Å²) in [5, 5.41) is 0. The van der Waals surface area contributed by atoms with Crippen molar-refractivity contribution < 1.29 is 9.53 Å².